The number of phenolic OH excluding ortho intramolecular Hbond substituents is 1. The van der Waals surface area contributed by atoms with Crippen molar-refractivity contribution in [2.24, 2.45) is 5.73 Å². The van der Waals surface area contributed by atoms with E-state index in [1.165, 1.54) is 17.0 Å². The van der Waals surface area contributed by atoms with Crippen LogP contribution in [0.5, 0.6) is 5.75 Å². The van der Waals surface area contributed by atoms with Crippen LogP contribution in [0, 0.1) is 0 Å². The van der Waals surface area contributed by atoms with Gasteiger partial charge in [-0.1, -0.05) is 60.7 Å². The second-order valence-electron chi connectivity index (χ2n) is 15.6. The maximum Gasteiger partial charge on any atom is 0.248 e. The molecule has 66 heavy (non-hydrogen) atoms. The van der Waals surface area contributed by atoms with Gasteiger partial charge in [0.15, 0.2) is 0 Å². The molecular weight excluding hydrogens is 857 g/mol. The number of nitrogens with two attached hydrogens (primary N) is 1. The summed E-state index contributed by atoms with van der Waals surface area (Å²) in [7, 11) is 0. The molecule has 4 atom stereocenters. The van der Waals surface area contributed by atoms with Crippen LogP contribution in [-0.2, 0) is 62.4 Å². The third-order valence-electron chi connectivity index (χ3n) is 10.6. The number of amides is 9. The molecule has 1 aliphatic heterocycles. The van der Waals surface area contributed by atoms with E-state index in [2.05, 4.69) is 42.2 Å². The van der Waals surface area contributed by atoms with Gasteiger partial charge in [0.05, 0.1) is 32.8 Å². The molecule has 0 saturated carbocycles. The number of nitrogens with zero attached hydrogens (tertiary/aromatic N) is 1. The SMILES string of the molecule is NC(=O)CNC(=O)[C@H](Cc1c[nH]c2ccccc12)NC(=O)[C@@H]1CCCN1C(=O)[C@H](CO)NC(=O)[C@H](Cc1ccccc1)NC(=O)CNC(=O)CNC(=O)CNC(=O)CCc1cccc(O)c1. The van der Waals surface area contributed by atoms with Crippen molar-refractivity contribution in [1.29, 1.82) is 0 Å². The average molecular weight is 911 g/mol. The number of aromatic hydroxyl groups is 1. The number of aryl methyl sites for hydroxylation is 1. The van der Waals surface area contributed by atoms with Gasteiger partial charge >= 0.3 is 0 Å². The molecule has 1 saturated heterocycles. The molecule has 1 fully saturated rings. The molecule has 9 amide bonds. The predicted octanol–water partition coefficient (Wildman–Crippen LogP) is -2.32. The Morgan fingerprint density at radius 2 is 1.33 bits per heavy atom. The number of likely N-dealkylation sites (tertiary alicyclic amines) is 1. The smallest absolute Gasteiger partial charge is 0.248 e. The number of nitrogens with one attached hydrogen (secondary N) is 8. The van der Waals surface area contributed by atoms with Gasteiger partial charge in [-0.3, -0.25) is 43.2 Å². The molecule has 0 spiro atoms. The number of aromatic nitrogens is 1. The molecule has 0 bridgehead atoms. The minimum atomic E-state index is -1.55. The fourth-order valence-electron chi connectivity index (χ4n) is 7.28. The van der Waals surface area contributed by atoms with Crippen molar-refractivity contribution in [3.05, 3.63) is 102 Å². The first-order valence-electron chi connectivity index (χ1n) is 21.2. The Kier molecular flexibility index (Phi) is 18.1. The van der Waals surface area contributed by atoms with Gasteiger partial charge in [-0.05, 0) is 54.2 Å². The first kappa shape index (κ1) is 49.2. The number of hydrogen-bond donors (Lipinski definition) is 11. The Labute approximate surface area is 379 Å². The van der Waals surface area contributed by atoms with Gasteiger partial charge in [-0.25, -0.2) is 0 Å². The van der Waals surface area contributed by atoms with Gasteiger partial charge in [0.1, 0.15) is 29.9 Å². The first-order valence-corrected chi connectivity index (χ1v) is 21.2. The summed E-state index contributed by atoms with van der Waals surface area (Å²) in [5.41, 5.74) is 8.10. The van der Waals surface area contributed by atoms with Crippen molar-refractivity contribution < 1.29 is 53.4 Å². The second-order valence-corrected chi connectivity index (χ2v) is 15.6. The molecule has 12 N–H and O–H groups in total. The van der Waals surface area contributed by atoms with Crippen molar-refractivity contribution in [1.82, 2.24) is 47.1 Å². The number of hydrogen-bond acceptors (Lipinski definition) is 11. The molecule has 1 aliphatic rings. The van der Waals surface area contributed by atoms with Gasteiger partial charge < -0.3 is 63.0 Å². The minimum Gasteiger partial charge on any atom is -0.508 e. The molecule has 21 nitrogen and oxygen atoms in total. The zero-order chi connectivity index (χ0) is 47.6. The number of primary amides is 1. The van der Waals surface area contributed by atoms with Gasteiger partial charge in [0, 0.05) is 42.9 Å². The van der Waals surface area contributed by atoms with Crippen molar-refractivity contribution in [2.75, 3.05) is 39.3 Å². The van der Waals surface area contributed by atoms with Crippen LogP contribution in [0.25, 0.3) is 10.9 Å². The van der Waals surface area contributed by atoms with Crippen LogP contribution in [0.1, 0.15) is 36.0 Å². The third kappa shape index (κ3) is 14.9. The lowest BCUT2D eigenvalue weighted by Crippen LogP contribution is -2.59. The van der Waals surface area contributed by atoms with E-state index in [1.807, 2.05) is 24.3 Å². The predicted molar refractivity (Wildman–Crippen MR) is 237 cm³/mol. The number of H-pyrrole nitrogens is 1. The minimum absolute atomic E-state index is 0.0247. The number of aromatic amines is 1. The van der Waals surface area contributed by atoms with Crippen LogP contribution in [0.3, 0.4) is 0 Å². The molecule has 2 heterocycles. The first-order chi connectivity index (χ1) is 31.7. The standard InChI is InChI=1S/C45H54N10O11/c46-37(58)22-51-42(63)34(20-29-21-47-32-13-5-4-12-31(29)32)53-44(65)36-14-7-17-55(36)45(66)35(26-56)54-43(64)33(19-27-8-2-1-3-9-27)52-41(62)25-50-40(61)24-49-39(60)23-48-38(59)16-15-28-10-6-11-30(57)18-28/h1-6,8-13,18,21,33-36,47,56-57H,7,14-17,19-20,22-26H2,(H2,46,58)(H,48,59)(H,49,60)(H,50,61)(H,51,63)(H,52,62)(H,53,65)(H,54,64)/t33-,34-,35-,36-/m0/s1. The lowest BCUT2D eigenvalue weighted by Gasteiger charge is -2.30. The van der Waals surface area contributed by atoms with Crippen LogP contribution >= 0.6 is 0 Å². The monoisotopic (exact) mass is 910 g/mol. The van der Waals surface area contributed by atoms with Gasteiger partial charge in [-0.15, -0.1) is 0 Å². The quantitative estimate of drug-likeness (QED) is 0.0375. The Balaban J connectivity index is 1.14. The Morgan fingerprint density at radius 1 is 0.682 bits per heavy atom. The van der Waals surface area contributed by atoms with Crippen LogP contribution in [0.15, 0.2) is 85.1 Å². The largest absolute Gasteiger partial charge is 0.508 e. The fourth-order valence-corrected chi connectivity index (χ4v) is 7.28. The average Bonchev–Trinajstić information content (AvgIpc) is 3.97. The number of aliphatic hydroxyl groups is 1. The Bertz CT molecular complexity index is 2390. The number of benzene rings is 3. The van der Waals surface area contributed by atoms with E-state index < -0.39 is 110 Å². The number of aliphatic hydroxyl groups excluding tert-OH is 1. The van der Waals surface area contributed by atoms with Crippen molar-refractivity contribution in [3.63, 3.8) is 0 Å². The van der Waals surface area contributed by atoms with Crippen LogP contribution in [-0.4, -0.2) is 137 Å². The highest BCUT2D eigenvalue weighted by atomic mass is 16.3. The Hall–Kier alpha value is -7.81. The number of carbonyl (C=O) groups is 9. The zero-order valence-electron chi connectivity index (χ0n) is 36.0. The molecule has 1 aromatic heterocycles. The molecule has 5 rings (SSSR count). The van der Waals surface area contributed by atoms with E-state index in [0.717, 1.165) is 16.5 Å². The highest BCUT2D eigenvalue weighted by molar-refractivity contribution is 5.97. The van der Waals surface area contributed by atoms with E-state index in [1.54, 1.807) is 48.7 Å². The molecule has 21 heteroatoms. The number of carbonyl (C=O) groups excluding carboxylic acids is 9. The normalized spacial score (nSPS) is 14.5. The molecule has 350 valence electrons. The Morgan fingerprint density at radius 3 is 2.03 bits per heavy atom. The number of phenols is 1. The van der Waals surface area contributed by atoms with E-state index in [9.17, 15) is 53.4 Å². The van der Waals surface area contributed by atoms with Crippen molar-refractivity contribution >= 4 is 64.1 Å². The molecule has 3 aromatic carbocycles. The number of fused-ring (bicyclic) bond motifs is 1. The molecule has 0 unspecified atom stereocenters. The van der Waals surface area contributed by atoms with Gasteiger partial charge in [0.2, 0.25) is 53.2 Å². The maximum atomic E-state index is 13.9. The summed E-state index contributed by atoms with van der Waals surface area (Å²) >= 11 is 0. The summed E-state index contributed by atoms with van der Waals surface area (Å²) < 4.78 is 0. The highest BCUT2D eigenvalue weighted by Gasteiger charge is 2.39. The maximum absolute atomic E-state index is 13.9. The molecular formula is C45H54N10O11. The summed E-state index contributed by atoms with van der Waals surface area (Å²) in [5, 5.41) is 38.0. The van der Waals surface area contributed by atoms with E-state index in [4.69, 9.17) is 5.73 Å². The summed E-state index contributed by atoms with van der Waals surface area (Å²) in [4.78, 5) is 121. The third-order valence-corrected chi connectivity index (χ3v) is 10.6. The lowest BCUT2D eigenvalue weighted by molar-refractivity contribution is -0.143. The molecule has 0 aliphatic carbocycles. The summed E-state index contributed by atoms with van der Waals surface area (Å²) in [6, 6.07) is 17.2. The van der Waals surface area contributed by atoms with Crippen molar-refractivity contribution in [3.8, 4) is 5.75 Å². The van der Waals surface area contributed by atoms with Gasteiger partial charge in [-0.2, -0.15) is 0 Å². The summed E-state index contributed by atoms with van der Waals surface area (Å²) in [5.74, 6) is -6.35. The van der Waals surface area contributed by atoms with E-state index in [0.29, 0.717) is 24.0 Å². The fraction of sp³-hybridized carbons (Fsp3) is 0.356. The van der Waals surface area contributed by atoms with Crippen LogP contribution in [0.2, 0.25) is 0 Å². The van der Waals surface area contributed by atoms with E-state index >= 15 is 0 Å². The van der Waals surface area contributed by atoms with Gasteiger partial charge in [0.25, 0.3) is 0 Å². The second kappa shape index (κ2) is 24.3. The highest BCUT2D eigenvalue weighted by Crippen LogP contribution is 2.22. The van der Waals surface area contributed by atoms with E-state index in [-0.39, 0.29) is 38.0 Å². The molecule has 0 radical (unpaired) electrons. The lowest BCUT2D eigenvalue weighted by atomic mass is 10.0. The number of para-hydroxylation sites is 1. The van der Waals surface area contributed by atoms with Crippen molar-refractivity contribution in [2.45, 2.75) is 62.7 Å². The van der Waals surface area contributed by atoms with Crippen LogP contribution in [0.4, 0.5) is 0 Å². The number of rotatable bonds is 23. The summed E-state index contributed by atoms with van der Waals surface area (Å²) in [6.45, 7) is -2.79. The summed E-state index contributed by atoms with van der Waals surface area (Å²) in [6.07, 6.45) is 2.65. The molecule has 4 aromatic rings. The van der Waals surface area contributed by atoms with Crippen LogP contribution < -0.4 is 43.0 Å². The topological polar surface area (TPSA) is 323 Å². The zero-order valence-corrected chi connectivity index (χ0v) is 36.0.